The summed E-state index contributed by atoms with van der Waals surface area (Å²) >= 11 is 0. The average Bonchev–Trinajstić information content (AvgIpc) is 2.24. The molecule has 0 aromatic heterocycles. The largest absolute Gasteiger partial charge is 0.396 e. The molecule has 0 atom stereocenters. The van der Waals surface area contributed by atoms with E-state index >= 15 is 0 Å². The van der Waals surface area contributed by atoms with Gasteiger partial charge in [0.05, 0.1) is 0 Å². The predicted molar refractivity (Wildman–Crippen MR) is 63.8 cm³/mol. The van der Waals surface area contributed by atoms with Crippen LogP contribution in [0.25, 0.3) is 0 Å². The molecule has 0 aliphatic rings. The lowest BCUT2D eigenvalue weighted by Gasteiger charge is -2.03. The van der Waals surface area contributed by atoms with Crippen molar-refractivity contribution in [3.8, 4) is 0 Å². The first-order chi connectivity index (χ1) is 7.26. The van der Waals surface area contributed by atoms with Crippen molar-refractivity contribution in [3.05, 3.63) is 11.6 Å². The van der Waals surface area contributed by atoms with Crippen molar-refractivity contribution in [1.29, 1.82) is 0 Å². The molecule has 0 aliphatic heterocycles. The van der Waals surface area contributed by atoms with E-state index in [1.54, 1.807) is 0 Å². The van der Waals surface area contributed by atoms with E-state index in [1.165, 1.54) is 6.42 Å². The summed E-state index contributed by atoms with van der Waals surface area (Å²) in [5.74, 6) is 0.266. The van der Waals surface area contributed by atoms with Crippen LogP contribution in [0.1, 0.15) is 58.8 Å². The van der Waals surface area contributed by atoms with Gasteiger partial charge in [0.1, 0.15) is 0 Å². The fourth-order valence-corrected chi connectivity index (χ4v) is 1.49. The number of carbonyl (C=O) groups is 1. The van der Waals surface area contributed by atoms with E-state index in [4.69, 9.17) is 5.11 Å². The number of unbranched alkanes of at least 4 members (excludes halogenated alkanes) is 3. The van der Waals surface area contributed by atoms with Gasteiger partial charge in [0.25, 0.3) is 0 Å². The molecule has 0 saturated carbocycles. The van der Waals surface area contributed by atoms with E-state index in [0.717, 1.165) is 37.7 Å². The number of allylic oxidation sites excluding steroid dienone is 2. The highest BCUT2D eigenvalue weighted by Gasteiger charge is 2.06. The van der Waals surface area contributed by atoms with Gasteiger partial charge in [-0.2, -0.15) is 0 Å². The van der Waals surface area contributed by atoms with Gasteiger partial charge in [-0.25, -0.2) is 0 Å². The van der Waals surface area contributed by atoms with E-state index in [0.29, 0.717) is 6.42 Å². The molecule has 0 heterocycles. The fraction of sp³-hybridized carbons (Fsp3) is 0.769. The number of aliphatic hydroxyl groups is 1. The number of aliphatic hydroxyl groups excluding tert-OH is 1. The molecule has 0 saturated heterocycles. The molecule has 1 N–H and O–H groups in total. The van der Waals surface area contributed by atoms with Gasteiger partial charge >= 0.3 is 0 Å². The molecule has 0 spiro atoms. The Bertz CT molecular complexity index is 195. The van der Waals surface area contributed by atoms with E-state index in [1.807, 2.05) is 6.92 Å². The number of hydrogen-bond donors (Lipinski definition) is 1. The smallest absolute Gasteiger partial charge is 0.158 e. The summed E-state index contributed by atoms with van der Waals surface area (Å²) in [7, 11) is 0. The summed E-state index contributed by atoms with van der Waals surface area (Å²) in [6.07, 6.45) is 8.40. The van der Waals surface area contributed by atoms with Gasteiger partial charge in [-0.3, -0.25) is 4.79 Å². The maximum atomic E-state index is 11.7. The van der Waals surface area contributed by atoms with Crippen LogP contribution in [0.15, 0.2) is 11.6 Å². The Kier molecular flexibility index (Phi) is 9.49. The second-order valence-electron chi connectivity index (χ2n) is 3.83. The van der Waals surface area contributed by atoms with Crippen molar-refractivity contribution in [2.75, 3.05) is 6.61 Å². The second kappa shape index (κ2) is 9.91. The normalized spacial score (nSPS) is 11.8. The maximum Gasteiger partial charge on any atom is 0.158 e. The van der Waals surface area contributed by atoms with Crippen LogP contribution >= 0.6 is 0 Å². The lowest BCUT2D eigenvalue weighted by Crippen LogP contribution is -2.02. The molecular weight excluding hydrogens is 188 g/mol. The van der Waals surface area contributed by atoms with Crippen molar-refractivity contribution in [2.24, 2.45) is 0 Å². The van der Waals surface area contributed by atoms with Gasteiger partial charge in [-0.15, -0.1) is 0 Å². The highest BCUT2D eigenvalue weighted by molar-refractivity contribution is 5.95. The van der Waals surface area contributed by atoms with E-state index in [2.05, 4.69) is 13.0 Å². The topological polar surface area (TPSA) is 37.3 Å². The SMILES string of the molecule is CCCCC=C(CC)C(=O)CCCCO. The van der Waals surface area contributed by atoms with E-state index < -0.39 is 0 Å². The van der Waals surface area contributed by atoms with Gasteiger partial charge in [0, 0.05) is 13.0 Å². The monoisotopic (exact) mass is 212 g/mol. The minimum Gasteiger partial charge on any atom is -0.396 e. The fourth-order valence-electron chi connectivity index (χ4n) is 1.49. The van der Waals surface area contributed by atoms with Crippen LogP contribution in [0.5, 0.6) is 0 Å². The zero-order valence-corrected chi connectivity index (χ0v) is 10.1. The molecule has 0 amide bonds. The molecule has 0 radical (unpaired) electrons. The molecule has 0 unspecified atom stereocenters. The maximum absolute atomic E-state index is 11.7. The third-order valence-corrected chi connectivity index (χ3v) is 2.50. The van der Waals surface area contributed by atoms with Crippen LogP contribution in [-0.4, -0.2) is 17.5 Å². The second-order valence-corrected chi connectivity index (χ2v) is 3.83. The zero-order chi connectivity index (χ0) is 11.5. The quantitative estimate of drug-likeness (QED) is 0.470. The van der Waals surface area contributed by atoms with Crippen LogP contribution in [0.3, 0.4) is 0 Å². The standard InChI is InChI=1S/C13H24O2/c1-3-5-6-9-12(4-2)13(15)10-7-8-11-14/h9,14H,3-8,10-11H2,1-2H3. The molecule has 2 nitrogen and oxygen atoms in total. The Morgan fingerprint density at radius 2 is 1.93 bits per heavy atom. The lowest BCUT2D eigenvalue weighted by atomic mass is 10.0. The number of rotatable bonds is 9. The molecule has 0 rings (SSSR count). The van der Waals surface area contributed by atoms with Crippen LogP contribution in [-0.2, 0) is 4.79 Å². The van der Waals surface area contributed by atoms with Gasteiger partial charge < -0.3 is 5.11 Å². The molecule has 15 heavy (non-hydrogen) atoms. The molecular formula is C13H24O2. The van der Waals surface area contributed by atoms with Gasteiger partial charge in [-0.05, 0) is 31.3 Å². The minimum atomic E-state index is 0.189. The third kappa shape index (κ3) is 7.32. The first-order valence-corrected chi connectivity index (χ1v) is 6.09. The number of carbonyl (C=O) groups excluding carboxylic acids is 1. The van der Waals surface area contributed by atoms with E-state index in [-0.39, 0.29) is 12.4 Å². The highest BCUT2D eigenvalue weighted by atomic mass is 16.2. The summed E-state index contributed by atoms with van der Waals surface area (Å²) in [6, 6.07) is 0. The van der Waals surface area contributed by atoms with Crippen molar-refractivity contribution in [2.45, 2.75) is 58.8 Å². The number of Topliss-reactive ketones (excluding diaryl/α,β-unsaturated/α-hetero) is 1. The van der Waals surface area contributed by atoms with Crippen molar-refractivity contribution >= 4 is 5.78 Å². The van der Waals surface area contributed by atoms with Gasteiger partial charge in [0.15, 0.2) is 5.78 Å². The molecule has 0 bridgehead atoms. The zero-order valence-electron chi connectivity index (χ0n) is 10.1. The predicted octanol–water partition coefficient (Wildman–Crippen LogP) is 3.24. The Hall–Kier alpha value is -0.630. The van der Waals surface area contributed by atoms with E-state index in [9.17, 15) is 4.79 Å². The average molecular weight is 212 g/mol. The Balaban J connectivity index is 3.92. The number of ketones is 1. The Labute approximate surface area is 93.4 Å². The lowest BCUT2D eigenvalue weighted by molar-refractivity contribution is -0.115. The van der Waals surface area contributed by atoms with Crippen LogP contribution in [0.2, 0.25) is 0 Å². The van der Waals surface area contributed by atoms with Crippen molar-refractivity contribution in [3.63, 3.8) is 0 Å². The highest BCUT2D eigenvalue weighted by Crippen LogP contribution is 2.10. The van der Waals surface area contributed by atoms with Gasteiger partial charge in [0.2, 0.25) is 0 Å². The first-order valence-electron chi connectivity index (χ1n) is 6.09. The Morgan fingerprint density at radius 1 is 1.20 bits per heavy atom. The summed E-state index contributed by atoms with van der Waals surface area (Å²) in [5, 5.41) is 8.62. The summed E-state index contributed by atoms with van der Waals surface area (Å²) in [5.41, 5.74) is 0.974. The molecule has 0 aliphatic carbocycles. The van der Waals surface area contributed by atoms with Gasteiger partial charge in [-0.1, -0.05) is 32.8 Å². The number of hydrogen-bond acceptors (Lipinski definition) is 2. The Morgan fingerprint density at radius 3 is 2.47 bits per heavy atom. The summed E-state index contributed by atoms with van der Waals surface area (Å²) < 4.78 is 0. The summed E-state index contributed by atoms with van der Waals surface area (Å²) in [6.45, 7) is 4.37. The first kappa shape index (κ1) is 14.4. The molecule has 0 fully saturated rings. The molecule has 2 heteroatoms. The van der Waals surface area contributed by atoms with Crippen LogP contribution in [0, 0.1) is 0 Å². The van der Waals surface area contributed by atoms with Crippen molar-refractivity contribution < 1.29 is 9.90 Å². The molecule has 0 aromatic carbocycles. The molecule has 88 valence electrons. The third-order valence-electron chi connectivity index (χ3n) is 2.50. The minimum absolute atomic E-state index is 0.189. The van der Waals surface area contributed by atoms with Crippen molar-refractivity contribution in [1.82, 2.24) is 0 Å². The molecule has 0 aromatic rings. The summed E-state index contributed by atoms with van der Waals surface area (Å²) in [4.78, 5) is 11.7. The van der Waals surface area contributed by atoms with Crippen LogP contribution in [0.4, 0.5) is 0 Å². The van der Waals surface area contributed by atoms with Crippen LogP contribution < -0.4 is 0 Å².